The standard InChI is InChI=1S/C35H57N3O9/c1-12-43-32(42)44-27-19-18-26(38(27)21-25-16-14-13-15-17-25)22-37(23-28(39)45-33(3,4)5)20-24(2)36-29(30(40)46-34(6,7)8)31(41)47-35(9,10)11/h13-17,24,26-27,29,36H,12,18-23H2,1-11H3/t24?,26-,27+/m0/s1. The number of hydrogen-bond donors (Lipinski definition) is 1. The smallest absolute Gasteiger partial charge is 0.459 e. The van der Waals surface area contributed by atoms with Crippen molar-refractivity contribution in [2.24, 2.45) is 0 Å². The lowest BCUT2D eigenvalue weighted by Crippen LogP contribution is -2.55. The van der Waals surface area contributed by atoms with Crippen LogP contribution in [-0.2, 0) is 44.6 Å². The Morgan fingerprint density at radius 1 is 0.872 bits per heavy atom. The Morgan fingerprint density at radius 3 is 1.94 bits per heavy atom. The highest BCUT2D eigenvalue weighted by molar-refractivity contribution is 5.99. The fourth-order valence-electron chi connectivity index (χ4n) is 5.25. The van der Waals surface area contributed by atoms with Gasteiger partial charge >= 0.3 is 24.1 Å². The van der Waals surface area contributed by atoms with E-state index >= 15 is 0 Å². The number of esters is 3. The summed E-state index contributed by atoms with van der Waals surface area (Å²) in [6, 6.07) is 7.93. The van der Waals surface area contributed by atoms with E-state index in [-0.39, 0.29) is 25.7 Å². The number of nitrogens with zero attached hydrogens (tertiary/aromatic N) is 2. The molecule has 1 fully saturated rings. The average Bonchev–Trinajstić information content (AvgIpc) is 3.24. The SMILES string of the molecule is CCOC(=O)O[C@@H]1CC[C@@H](CN(CC(=O)OC(C)(C)C)CC(C)NC(C(=O)OC(C)(C)C)C(=O)OC(C)(C)C)N1Cc1ccccc1. The summed E-state index contributed by atoms with van der Waals surface area (Å²) in [7, 11) is 0. The van der Waals surface area contributed by atoms with E-state index in [2.05, 4.69) is 10.2 Å². The highest BCUT2D eigenvalue weighted by atomic mass is 16.7. The van der Waals surface area contributed by atoms with Gasteiger partial charge in [0.1, 0.15) is 16.8 Å². The summed E-state index contributed by atoms with van der Waals surface area (Å²) < 4.78 is 27.5. The van der Waals surface area contributed by atoms with Gasteiger partial charge in [-0.3, -0.25) is 19.9 Å². The van der Waals surface area contributed by atoms with Crippen LogP contribution in [0.2, 0.25) is 0 Å². The van der Waals surface area contributed by atoms with Gasteiger partial charge in [0.2, 0.25) is 6.04 Å². The van der Waals surface area contributed by atoms with Gasteiger partial charge in [-0.1, -0.05) is 30.3 Å². The van der Waals surface area contributed by atoms with Gasteiger partial charge in [-0.2, -0.15) is 0 Å². The normalized spacial score (nSPS) is 18.1. The first-order valence-electron chi connectivity index (χ1n) is 16.4. The number of carbonyl (C=O) groups excluding carboxylic acids is 4. The van der Waals surface area contributed by atoms with Crippen LogP contribution in [0.15, 0.2) is 30.3 Å². The highest BCUT2D eigenvalue weighted by Gasteiger charge is 2.39. The molecular formula is C35H57N3O9. The fraction of sp³-hybridized carbons (Fsp3) is 0.714. The number of benzene rings is 1. The maximum absolute atomic E-state index is 13.2. The monoisotopic (exact) mass is 663 g/mol. The molecule has 266 valence electrons. The van der Waals surface area contributed by atoms with Gasteiger partial charge in [-0.25, -0.2) is 14.4 Å². The topological polar surface area (TPSA) is 133 Å². The lowest BCUT2D eigenvalue weighted by molar-refractivity contribution is -0.171. The number of ether oxygens (including phenoxy) is 5. The number of likely N-dealkylation sites (tertiary alicyclic amines) is 1. The summed E-state index contributed by atoms with van der Waals surface area (Å²) in [4.78, 5) is 55.8. The molecule has 1 heterocycles. The molecule has 1 saturated heterocycles. The zero-order valence-electron chi connectivity index (χ0n) is 30.2. The molecular weight excluding hydrogens is 606 g/mol. The summed E-state index contributed by atoms with van der Waals surface area (Å²) in [6.45, 7) is 20.7. The minimum atomic E-state index is -1.38. The number of carbonyl (C=O) groups is 4. The molecule has 1 aliphatic heterocycles. The summed E-state index contributed by atoms with van der Waals surface area (Å²) in [6.07, 6.45) is 0.0445. The molecule has 1 aromatic rings. The third-order valence-electron chi connectivity index (χ3n) is 6.80. The Morgan fingerprint density at radius 2 is 1.43 bits per heavy atom. The minimum absolute atomic E-state index is 0.0358. The first-order valence-corrected chi connectivity index (χ1v) is 16.4. The molecule has 2 rings (SSSR count). The summed E-state index contributed by atoms with van der Waals surface area (Å²) in [5.74, 6) is -1.91. The highest BCUT2D eigenvalue weighted by Crippen LogP contribution is 2.29. The first kappa shape index (κ1) is 40.0. The molecule has 1 N–H and O–H groups in total. The second-order valence-corrected chi connectivity index (χ2v) is 15.0. The van der Waals surface area contributed by atoms with Gasteiger partial charge in [0.05, 0.1) is 13.2 Å². The van der Waals surface area contributed by atoms with Crippen LogP contribution in [0.5, 0.6) is 0 Å². The van der Waals surface area contributed by atoms with Crippen LogP contribution in [0.1, 0.15) is 94.6 Å². The molecule has 12 heteroatoms. The van der Waals surface area contributed by atoms with Gasteiger partial charge in [0, 0.05) is 38.1 Å². The van der Waals surface area contributed by atoms with Crippen molar-refractivity contribution < 1.29 is 42.9 Å². The van der Waals surface area contributed by atoms with Crippen LogP contribution < -0.4 is 5.32 Å². The van der Waals surface area contributed by atoms with Crippen molar-refractivity contribution in [3.8, 4) is 0 Å². The molecule has 0 aliphatic carbocycles. The maximum Gasteiger partial charge on any atom is 0.509 e. The number of nitrogens with one attached hydrogen (secondary N) is 1. The molecule has 1 aliphatic rings. The summed E-state index contributed by atoms with van der Waals surface area (Å²) >= 11 is 0. The van der Waals surface area contributed by atoms with Crippen molar-refractivity contribution in [3.05, 3.63) is 35.9 Å². The third kappa shape index (κ3) is 15.5. The van der Waals surface area contributed by atoms with Crippen molar-refractivity contribution in [1.29, 1.82) is 0 Å². The maximum atomic E-state index is 13.2. The molecule has 1 aromatic carbocycles. The lowest BCUT2D eigenvalue weighted by Gasteiger charge is -2.35. The molecule has 0 spiro atoms. The first-order chi connectivity index (χ1) is 21.7. The second-order valence-electron chi connectivity index (χ2n) is 15.0. The quantitative estimate of drug-likeness (QED) is 0.166. The second kappa shape index (κ2) is 17.3. The van der Waals surface area contributed by atoms with E-state index in [9.17, 15) is 19.2 Å². The zero-order chi connectivity index (χ0) is 35.6. The van der Waals surface area contributed by atoms with Crippen LogP contribution >= 0.6 is 0 Å². The molecule has 47 heavy (non-hydrogen) atoms. The summed E-state index contributed by atoms with van der Waals surface area (Å²) in [5, 5.41) is 3.10. The third-order valence-corrected chi connectivity index (χ3v) is 6.80. The van der Waals surface area contributed by atoms with E-state index in [4.69, 9.17) is 23.7 Å². The van der Waals surface area contributed by atoms with Gasteiger partial charge in [0.25, 0.3) is 0 Å². The molecule has 0 aromatic heterocycles. The molecule has 0 radical (unpaired) electrons. The van der Waals surface area contributed by atoms with Crippen molar-refractivity contribution in [3.63, 3.8) is 0 Å². The molecule has 0 saturated carbocycles. The Hall–Kier alpha value is -3.22. The molecule has 0 amide bonds. The fourth-order valence-corrected chi connectivity index (χ4v) is 5.25. The van der Waals surface area contributed by atoms with Gasteiger partial charge in [0.15, 0.2) is 6.23 Å². The van der Waals surface area contributed by atoms with E-state index in [0.29, 0.717) is 25.9 Å². The van der Waals surface area contributed by atoms with E-state index in [1.165, 1.54) is 0 Å². The molecule has 0 bridgehead atoms. The van der Waals surface area contributed by atoms with Crippen LogP contribution in [0.25, 0.3) is 0 Å². The Bertz CT molecular complexity index is 1140. The van der Waals surface area contributed by atoms with Crippen LogP contribution in [0.3, 0.4) is 0 Å². The predicted octanol–water partition coefficient (Wildman–Crippen LogP) is 4.82. The predicted molar refractivity (Wildman–Crippen MR) is 177 cm³/mol. The number of rotatable bonds is 14. The Kier molecular flexibility index (Phi) is 14.7. The van der Waals surface area contributed by atoms with Crippen LogP contribution in [0, 0.1) is 0 Å². The van der Waals surface area contributed by atoms with Gasteiger partial charge in [-0.15, -0.1) is 0 Å². The van der Waals surface area contributed by atoms with Crippen LogP contribution in [-0.4, -0.2) is 101 Å². The van der Waals surface area contributed by atoms with E-state index in [0.717, 1.165) is 5.56 Å². The average molecular weight is 664 g/mol. The number of hydrogen-bond acceptors (Lipinski definition) is 12. The van der Waals surface area contributed by atoms with Crippen molar-refractivity contribution in [2.45, 2.75) is 137 Å². The minimum Gasteiger partial charge on any atom is -0.459 e. The zero-order valence-corrected chi connectivity index (χ0v) is 30.2. The largest absolute Gasteiger partial charge is 0.509 e. The Balaban J connectivity index is 2.33. The van der Waals surface area contributed by atoms with Crippen LogP contribution in [0.4, 0.5) is 4.79 Å². The molecule has 1 unspecified atom stereocenters. The lowest BCUT2D eigenvalue weighted by atomic mass is 10.1. The van der Waals surface area contributed by atoms with Gasteiger partial charge < -0.3 is 23.7 Å². The van der Waals surface area contributed by atoms with Crippen molar-refractivity contribution in [2.75, 3.05) is 26.2 Å². The summed E-state index contributed by atoms with van der Waals surface area (Å²) in [5.41, 5.74) is -1.28. The molecule has 3 atom stereocenters. The van der Waals surface area contributed by atoms with Gasteiger partial charge in [-0.05, 0) is 88.1 Å². The molecule has 12 nitrogen and oxygen atoms in total. The Labute approximate surface area is 280 Å². The van der Waals surface area contributed by atoms with E-state index in [1.807, 2.05) is 62.9 Å². The van der Waals surface area contributed by atoms with E-state index in [1.54, 1.807) is 48.5 Å². The van der Waals surface area contributed by atoms with E-state index < -0.39 is 59.2 Å². The van der Waals surface area contributed by atoms with Crippen molar-refractivity contribution in [1.82, 2.24) is 15.1 Å². The van der Waals surface area contributed by atoms with Crippen molar-refractivity contribution >= 4 is 24.1 Å².